The molecule has 1 heterocycles. The van der Waals surface area contributed by atoms with E-state index in [4.69, 9.17) is 5.73 Å². The summed E-state index contributed by atoms with van der Waals surface area (Å²) in [5, 5.41) is 0. The molecule has 1 saturated heterocycles. The Balaban J connectivity index is 2.11. The molecule has 6 nitrogen and oxygen atoms in total. The number of nitrogens with two attached hydrogens (primary N) is 1. The summed E-state index contributed by atoms with van der Waals surface area (Å²) in [5.74, 6) is -0.0924. The topological polar surface area (TPSA) is 92.5 Å². The van der Waals surface area contributed by atoms with Gasteiger partial charge in [-0.25, -0.2) is 13.1 Å². The lowest BCUT2D eigenvalue weighted by atomic mass is 9.90. The molecule has 1 aliphatic heterocycles. The number of benzene rings is 1. The minimum absolute atomic E-state index is 0.0342. The van der Waals surface area contributed by atoms with Crippen LogP contribution in [0.4, 0.5) is 0 Å². The van der Waals surface area contributed by atoms with Crippen LogP contribution >= 0.6 is 0 Å². The first kappa shape index (κ1) is 17.7. The zero-order valence-electron chi connectivity index (χ0n) is 13.3. The van der Waals surface area contributed by atoms with Crippen LogP contribution < -0.4 is 10.5 Å². The van der Waals surface area contributed by atoms with Crippen LogP contribution in [0.5, 0.6) is 0 Å². The minimum atomic E-state index is -3.57. The van der Waals surface area contributed by atoms with E-state index in [0.717, 1.165) is 6.42 Å². The zero-order chi connectivity index (χ0) is 17.1. The maximum atomic E-state index is 12.5. The van der Waals surface area contributed by atoms with Crippen molar-refractivity contribution in [2.75, 3.05) is 26.2 Å². The Morgan fingerprint density at radius 3 is 2.61 bits per heavy atom. The third-order valence-corrected chi connectivity index (χ3v) is 5.61. The minimum Gasteiger partial charge on any atom is -0.338 e. The normalized spacial score (nSPS) is 21.4. The summed E-state index contributed by atoms with van der Waals surface area (Å²) in [6.07, 6.45) is 2.35. The SMILES string of the molecule is C=CCNS(=O)(=O)c1ccc(C(=O)N2CCC(C)(CN)C2)cc1. The van der Waals surface area contributed by atoms with Crippen LogP contribution in [0.1, 0.15) is 23.7 Å². The van der Waals surface area contributed by atoms with E-state index in [0.29, 0.717) is 25.2 Å². The van der Waals surface area contributed by atoms with E-state index in [-0.39, 0.29) is 22.8 Å². The van der Waals surface area contributed by atoms with Crippen molar-refractivity contribution in [2.24, 2.45) is 11.1 Å². The number of carbonyl (C=O) groups is 1. The first-order chi connectivity index (χ1) is 10.8. The van der Waals surface area contributed by atoms with Crippen molar-refractivity contribution in [1.29, 1.82) is 0 Å². The number of hydrogen-bond donors (Lipinski definition) is 2. The number of nitrogens with one attached hydrogen (secondary N) is 1. The van der Waals surface area contributed by atoms with Gasteiger partial charge in [0.1, 0.15) is 0 Å². The molecule has 0 aromatic heterocycles. The van der Waals surface area contributed by atoms with Crippen molar-refractivity contribution >= 4 is 15.9 Å². The van der Waals surface area contributed by atoms with Gasteiger partial charge in [0.25, 0.3) is 5.91 Å². The molecule has 1 atom stereocenters. The van der Waals surface area contributed by atoms with E-state index in [1.807, 2.05) is 0 Å². The molecule has 0 aliphatic carbocycles. The van der Waals surface area contributed by atoms with Gasteiger partial charge in [-0.2, -0.15) is 0 Å². The Hall–Kier alpha value is -1.70. The Morgan fingerprint density at radius 2 is 2.09 bits per heavy atom. The number of sulfonamides is 1. The van der Waals surface area contributed by atoms with Gasteiger partial charge in [0.15, 0.2) is 0 Å². The van der Waals surface area contributed by atoms with Crippen LogP contribution in [0.3, 0.4) is 0 Å². The molecule has 3 N–H and O–H groups in total. The van der Waals surface area contributed by atoms with Crippen LogP contribution in [0.25, 0.3) is 0 Å². The summed E-state index contributed by atoms with van der Waals surface area (Å²) in [5.41, 5.74) is 6.20. The highest BCUT2D eigenvalue weighted by atomic mass is 32.2. The summed E-state index contributed by atoms with van der Waals surface area (Å²) in [7, 11) is -3.57. The molecule has 1 fully saturated rings. The molecule has 0 bridgehead atoms. The van der Waals surface area contributed by atoms with E-state index in [9.17, 15) is 13.2 Å². The second kappa shape index (κ2) is 6.82. The Kier molecular flexibility index (Phi) is 5.23. The summed E-state index contributed by atoms with van der Waals surface area (Å²) in [6, 6.07) is 5.97. The average molecular weight is 337 g/mol. The van der Waals surface area contributed by atoms with Gasteiger partial charge < -0.3 is 10.6 Å². The lowest BCUT2D eigenvalue weighted by molar-refractivity contribution is 0.0777. The highest BCUT2D eigenvalue weighted by Crippen LogP contribution is 2.29. The fourth-order valence-electron chi connectivity index (χ4n) is 2.57. The summed E-state index contributed by atoms with van der Waals surface area (Å²) in [6.45, 7) is 7.55. The average Bonchev–Trinajstić information content (AvgIpc) is 2.95. The molecule has 1 amide bonds. The standard InChI is InChI=1S/C16H23N3O3S/c1-3-9-18-23(21,22)14-6-4-13(5-7-14)15(20)19-10-8-16(2,11-17)12-19/h3-7,18H,1,8-12,17H2,2H3. The first-order valence-corrected chi connectivity index (χ1v) is 9.00. The molecule has 0 radical (unpaired) electrons. The predicted molar refractivity (Wildman–Crippen MR) is 89.5 cm³/mol. The molecule has 2 rings (SSSR count). The predicted octanol–water partition coefficient (Wildman–Crippen LogP) is 0.962. The van der Waals surface area contributed by atoms with E-state index in [1.54, 1.807) is 17.0 Å². The first-order valence-electron chi connectivity index (χ1n) is 7.51. The summed E-state index contributed by atoms with van der Waals surface area (Å²) >= 11 is 0. The van der Waals surface area contributed by atoms with E-state index < -0.39 is 10.0 Å². The van der Waals surface area contributed by atoms with Crippen LogP contribution in [0, 0.1) is 5.41 Å². The van der Waals surface area contributed by atoms with Gasteiger partial charge in [-0.05, 0) is 42.6 Å². The smallest absolute Gasteiger partial charge is 0.253 e. The van der Waals surface area contributed by atoms with E-state index >= 15 is 0 Å². The second-order valence-corrected chi connectivity index (χ2v) is 7.92. The van der Waals surface area contributed by atoms with Crippen LogP contribution in [-0.4, -0.2) is 45.4 Å². The highest BCUT2D eigenvalue weighted by molar-refractivity contribution is 7.89. The lowest BCUT2D eigenvalue weighted by Crippen LogP contribution is -2.34. The summed E-state index contributed by atoms with van der Waals surface area (Å²) in [4.78, 5) is 14.4. The number of likely N-dealkylation sites (tertiary alicyclic amines) is 1. The molecule has 7 heteroatoms. The molecule has 1 unspecified atom stereocenters. The van der Waals surface area contributed by atoms with Crippen molar-refractivity contribution < 1.29 is 13.2 Å². The summed E-state index contributed by atoms with van der Waals surface area (Å²) < 4.78 is 26.4. The molecule has 0 spiro atoms. The fourth-order valence-corrected chi connectivity index (χ4v) is 3.57. The number of rotatable bonds is 6. The Labute approximate surface area is 137 Å². The van der Waals surface area contributed by atoms with Gasteiger partial charge in [-0.1, -0.05) is 13.0 Å². The third-order valence-electron chi connectivity index (χ3n) is 4.17. The van der Waals surface area contributed by atoms with Crippen molar-refractivity contribution in [3.05, 3.63) is 42.5 Å². The van der Waals surface area contributed by atoms with Gasteiger partial charge in [0.2, 0.25) is 10.0 Å². The molecule has 1 aliphatic rings. The van der Waals surface area contributed by atoms with Crippen LogP contribution in [-0.2, 0) is 10.0 Å². The fraction of sp³-hybridized carbons (Fsp3) is 0.438. The van der Waals surface area contributed by atoms with Gasteiger partial charge in [-0.3, -0.25) is 4.79 Å². The zero-order valence-corrected chi connectivity index (χ0v) is 14.1. The van der Waals surface area contributed by atoms with Gasteiger partial charge in [0.05, 0.1) is 4.90 Å². The maximum absolute atomic E-state index is 12.5. The quantitative estimate of drug-likeness (QED) is 0.756. The van der Waals surface area contributed by atoms with Crippen LogP contribution in [0.2, 0.25) is 0 Å². The number of carbonyl (C=O) groups excluding carboxylic acids is 1. The molecular formula is C16H23N3O3S. The van der Waals surface area contributed by atoms with Crippen molar-refractivity contribution in [3.8, 4) is 0 Å². The van der Waals surface area contributed by atoms with E-state index in [2.05, 4.69) is 18.2 Å². The number of hydrogen-bond acceptors (Lipinski definition) is 4. The molecular weight excluding hydrogens is 314 g/mol. The second-order valence-electron chi connectivity index (χ2n) is 6.16. The van der Waals surface area contributed by atoms with Crippen molar-refractivity contribution in [1.82, 2.24) is 9.62 Å². The van der Waals surface area contributed by atoms with Crippen molar-refractivity contribution in [2.45, 2.75) is 18.2 Å². The largest absolute Gasteiger partial charge is 0.338 e. The molecule has 126 valence electrons. The molecule has 0 saturated carbocycles. The maximum Gasteiger partial charge on any atom is 0.253 e. The van der Waals surface area contributed by atoms with Crippen molar-refractivity contribution in [3.63, 3.8) is 0 Å². The van der Waals surface area contributed by atoms with E-state index in [1.165, 1.54) is 18.2 Å². The lowest BCUT2D eigenvalue weighted by Gasteiger charge is -2.22. The Morgan fingerprint density at radius 1 is 1.43 bits per heavy atom. The highest BCUT2D eigenvalue weighted by Gasteiger charge is 2.35. The Bertz CT molecular complexity index is 685. The number of nitrogens with zero attached hydrogens (tertiary/aromatic N) is 1. The number of amides is 1. The molecule has 1 aromatic carbocycles. The molecule has 1 aromatic rings. The molecule has 23 heavy (non-hydrogen) atoms. The van der Waals surface area contributed by atoms with Gasteiger partial charge in [0, 0.05) is 25.2 Å². The monoisotopic (exact) mass is 337 g/mol. The third kappa shape index (κ3) is 3.99. The van der Waals surface area contributed by atoms with Crippen LogP contribution in [0.15, 0.2) is 41.8 Å². The van der Waals surface area contributed by atoms with Gasteiger partial charge in [-0.15, -0.1) is 6.58 Å². The van der Waals surface area contributed by atoms with Gasteiger partial charge >= 0.3 is 0 Å².